The summed E-state index contributed by atoms with van der Waals surface area (Å²) in [6.07, 6.45) is 2.90. The Hall–Kier alpha value is -9.92. The van der Waals surface area contributed by atoms with Gasteiger partial charge in [-0.1, -0.05) is 158 Å². The SMILES string of the molecule is O=C1N[C@H](Cc2c[nH]c3ccccc23)C(=O)N[C@@H](Cc2ccccc2)C(=O)N2C[C@@H](O)C[C@@H]2C(=O)N[C@H]1Cc1ccccc1.O=C1N[C@H](Cc2c[nH]c3ccccc23)C(=O)N[C@@H](Cc2ccccc2)C(=O)N2C[C@H](O)C[C@@H]2C(=O)N[C@H]1Cc1ccccc1.[HH]. The zero-order chi connectivity index (χ0) is 61.3. The van der Waals surface area contributed by atoms with Crippen LogP contribution in [-0.4, -0.2) is 151 Å². The number of nitrogens with one attached hydrogen (secondary N) is 8. The lowest BCUT2D eigenvalue weighted by Gasteiger charge is -2.32. The topological polar surface area (TPSA) is 287 Å². The Morgan fingerprint density at radius 1 is 0.341 bits per heavy atom. The van der Waals surface area contributed by atoms with Crippen LogP contribution < -0.4 is 31.9 Å². The summed E-state index contributed by atoms with van der Waals surface area (Å²) in [7, 11) is 0. The summed E-state index contributed by atoms with van der Waals surface area (Å²) < 4.78 is 0. The molecule has 20 heteroatoms. The summed E-state index contributed by atoms with van der Waals surface area (Å²) >= 11 is 0. The second-order valence-corrected chi connectivity index (χ2v) is 23.0. The van der Waals surface area contributed by atoms with Crippen LogP contribution in [0.25, 0.3) is 21.8 Å². The van der Waals surface area contributed by atoms with Crippen molar-refractivity contribution < 1.29 is 50.0 Å². The minimum absolute atomic E-state index is 0. The first kappa shape index (κ1) is 59.8. The van der Waals surface area contributed by atoms with Crippen LogP contribution in [0.1, 0.15) is 47.6 Å². The number of nitrogens with zero attached hydrogens (tertiary/aromatic N) is 2. The fourth-order valence-corrected chi connectivity index (χ4v) is 12.3. The molecule has 454 valence electrons. The van der Waals surface area contributed by atoms with E-state index in [1.165, 1.54) is 9.80 Å². The number of hydrogen-bond acceptors (Lipinski definition) is 10. The van der Waals surface area contributed by atoms with E-state index in [1.807, 2.05) is 182 Å². The van der Waals surface area contributed by atoms with Crippen molar-refractivity contribution in [1.82, 2.24) is 51.7 Å². The van der Waals surface area contributed by atoms with Crippen molar-refractivity contribution in [3.8, 4) is 0 Å². The number of carbonyl (C=O) groups excluding carboxylic acids is 8. The summed E-state index contributed by atoms with van der Waals surface area (Å²) in [5, 5.41) is 40.2. The zero-order valence-corrected chi connectivity index (χ0v) is 48.2. The second kappa shape index (κ2) is 27.2. The van der Waals surface area contributed by atoms with Crippen LogP contribution in [0.3, 0.4) is 0 Å². The van der Waals surface area contributed by atoms with Gasteiger partial charge in [0.1, 0.15) is 48.3 Å². The summed E-state index contributed by atoms with van der Waals surface area (Å²) in [5.74, 6) is -4.03. The molecule has 6 aromatic carbocycles. The number of para-hydroxylation sites is 2. The highest BCUT2D eigenvalue weighted by molar-refractivity contribution is 6.00. The molecule has 0 spiro atoms. The van der Waals surface area contributed by atoms with Crippen LogP contribution in [0.2, 0.25) is 0 Å². The molecule has 0 bridgehead atoms. The molecule has 4 aliphatic heterocycles. The average molecular weight is 1190 g/mol. The van der Waals surface area contributed by atoms with Gasteiger partial charge in [0.05, 0.1) is 12.2 Å². The van der Waals surface area contributed by atoms with Crippen molar-refractivity contribution in [3.05, 3.63) is 216 Å². The minimum atomic E-state index is -1.04. The molecule has 4 aliphatic rings. The maximum atomic E-state index is 14.0. The molecule has 10 atom stereocenters. The number of fused-ring (bicyclic) bond motifs is 4. The minimum Gasteiger partial charge on any atom is -0.391 e. The number of benzene rings is 6. The van der Waals surface area contributed by atoms with Gasteiger partial charge in [-0.15, -0.1) is 0 Å². The number of aromatic nitrogens is 2. The third kappa shape index (κ3) is 14.2. The highest BCUT2D eigenvalue weighted by atomic mass is 16.3. The highest BCUT2D eigenvalue weighted by Gasteiger charge is 2.46. The lowest BCUT2D eigenvalue weighted by atomic mass is 9.99. The lowest BCUT2D eigenvalue weighted by Crippen LogP contribution is -2.62. The monoisotopic (exact) mass is 1190 g/mol. The molecule has 2 aromatic heterocycles. The van der Waals surface area contributed by atoms with Gasteiger partial charge in [-0.3, -0.25) is 38.4 Å². The smallest absolute Gasteiger partial charge is 0.246 e. The van der Waals surface area contributed by atoms with Gasteiger partial charge in [-0.05, 0) is 45.5 Å². The van der Waals surface area contributed by atoms with Gasteiger partial charge < -0.3 is 61.9 Å². The van der Waals surface area contributed by atoms with Crippen molar-refractivity contribution in [3.63, 3.8) is 0 Å². The van der Waals surface area contributed by atoms with E-state index in [-0.39, 0.29) is 65.9 Å². The molecule has 0 saturated carbocycles. The molecule has 4 fully saturated rings. The van der Waals surface area contributed by atoms with Crippen molar-refractivity contribution in [2.75, 3.05) is 13.1 Å². The number of carbonyl (C=O) groups is 8. The molecule has 8 amide bonds. The van der Waals surface area contributed by atoms with Gasteiger partial charge >= 0.3 is 0 Å². The Balaban J connectivity index is 0.000000194. The molecule has 8 aromatic rings. The van der Waals surface area contributed by atoms with Gasteiger partial charge in [0, 0.05) is 100 Å². The number of H-pyrrole nitrogens is 2. The van der Waals surface area contributed by atoms with Crippen LogP contribution in [0, 0.1) is 0 Å². The first-order valence-electron chi connectivity index (χ1n) is 29.8. The number of amides is 8. The Morgan fingerprint density at radius 3 is 0.955 bits per heavy atom. The van der Waals surface area contributed by atoms with Crippen molar-refractivity contribution in [1.29, 1.82) is 0 Å². The number of hydrogen-bond donors (Lipinski definition) is 10. The van der Waals surface area contributed by atoms with E-state index in [2.05, 4.69) is 41.9 Å². The zero-order valence-electron chi connectivity index (χ0n) is 48.2. The Kier molecular flexibility index (Phi) is 18.5. The van der Waals surface area contributed by atoms with Crippen LogP contribution >= 0.6 is 0 Å². The van der Waals surface area contributed by atoms with E-state index in [1.54, 1.807) is 0 Å². The first-order chi connectivity index (χ1) is 42.7. The summed E-state index contributed by atoms with van der Waals surface area (Å²) in [5.41, 5.74) is 6.72. The number of aliphatic hydroxyl groups is 2. The van der Waals surface area contributed by atoms with Gasteiger partial charge in [-0.2, -0.15) is 0 Å². The first-order valence-corrected chi connectivity index (χ1v) is 29.8. The van der Waals surface area contributed by atoms with Crippen LogP contribution in [0.4, 0.5) is 0 Å². The predicted molar refractivity (Wildman–Crippen MR) is 331 cm³/mol. The summed E-state index contributed by atoms with van der Waals surface area (Å²) in [6, 6.07) is 44.3. The maximum Gasteiger partial charge on any atom is 0.246 e. The van der Waals surface area contributed by atoms with E-state index >= 15 is 0 Å². The van der Waals surface area contributed by atoms with Gasteiger partial charge in [-0.25, -0.2) is 0 Å². The van der Waals surface area contributed by atoms with Crippen LogP contribution in [0.15, 0.2) is 182 Å². The predicted octanol–water partition coefficient (Wildman–Crippen LogP) is 3.50. The number of aliphatic hydroxyl groups excluding tert-OH is 2. The van der Waals surface area contributed by atoms with Gasteiger partial charge in [0.15, 0.2) is 0 Å². The molecule has 0 aliphatic carbocycles. The largest absolute Gasteiger partial charge is 0.391 e. The fourth-order valence-electron chi connectivity index (χ4n) is 12.3. The van der Waals surface area contributed by atoms with Gasteiger partial charge in [0.25, 0.3) is 0 Å². The van der Waals surface area contributed by atoms with E-state index in [4.69, 9.17) is 0 Å². The maximum absolute atomic E-state index is 14.0. The molecule has 4 saturated heterocycles. The van der Waals surface area contributed by atoms with E-state index < -0.39 is 108 Å². The lowest BCUT2D eigenvalue weighted by molar-refractivity contribution is -0.143. The van der Waals surface area contributed by atoms with Crippen molar-refractivity contribution >= 4 is 69.1 Å². The van der Waals surface area contributed by atoms with E-state index in [0.717, 1.165) is 55.2 Å². The second-order valence-electron chi connectivity index (χ2n) is 23.0. The Labute approximate surface area is 509 Å². The third-order valence-corrected chi connectivity index (χ3v) is 16.8. The average Bonchev–Trinajstić information content (AvgIpc) is 2.42. The Bertz CT molecular complexity index is 3570. The summed E-state index contributed by atoms with van der Waals surface area (Å²) in [4.78, 5) is 120. The summed E-state index contributed by atoms with van der Waals surface area (Å²) in [6.45, 7) is -0.0984. The van der Waals surface area contributed by atoms with Crippen LogP contribution in [0.5, 0.6) is 0 Å². The molecular formula is C68H72N10O10. The molecular weight excluding hydrogens is 1120 g/mol. The van der Waals surface area contributed by atoms with Gasteiger partial charge in [0.2, 0.25) is 47.3 Å². The third-order valence-electron chi connectivity index (χ3n) is 16.8. The highest BCUT2D eigenvalue weighted by Crippen LogP contribution is 2.26. The molecule has 0 unspecified atom stereocenters. The van der Waals surface area contributed by atoms with Crippen molar-refractivity contribution in [2.24, 2.45) is 0 Å². The molecule has 88 heavy (non-hydrogen) atoms. The van der Waals surface area contributed by atoms with Crippen LogP contribution in [-0.2, 0) is 76.9 Å². The normalized spacial score (nSPS) is 24.6. The molecule has 10 N–H and O–H groups in total. The number of aromatic amines is 2. The Morgan fingerprint density at radius 2 is 0.614 bits per heavy atom. The molecule has 20 nitrogen and oxygen atoms in total. The molecule has 6 heterocycles. The van der Waals surface area contributed by atoms with E-state index in [0.29, 0.717) is 0 Å². The fraction of sp³-hybridized carbons (Fsp3) is 0.294. The standard InChI is InChI=1S/2C34H35N5O5.H2/c2*40-24-18-30-33(43)37-27(15-21-9-3-1-4-10-21)31(41)36-28(17-23-19-35-26-14-8-7-13-25(23)26)32(42)38-29(34(44)39(30)20-24)16-22-11-5-2-6-12-22;/h2*1-14,19,24,27-30,35,40H,15-18,20H2,(H,36,41)(H,37,43)(H,38,42);1H/t24-,27+,28-,29+,30-;24-,27-,28+,29-,30+;/m10./s1. The molecule has 12 rings (SSSR count). The molecule has 0 radical (unpaired) electrons. The van der Waals surface area contributed by atoms with Crippen molar-refractivity contribution in [2.45, 2.75) is 112 Å². The number of rotatable bonds is 12. The van der Waals surface area contributed by atoms with E-state index in [9.17, 15) is 48.6 Å². The quantitative estimate of drug-likeness (QED) is 0.0850.